The SMILES string of the molecule is CC(C)OCCCNCC1=CCCOC1. The maximum Gasteiger partial charge on any atom is 0.0689 e. The molecule has 1 rings (SSSR count). The van der Waals surface area contributed by atoms with E-state index in [2.05, 4.69) is 25.2 Å². The summed E-state index contributed by atoms with van der Waals surface area (Å²) in [7, 11) is 0. The largest absolute Gasteiger partial charge is 0.379 e. The van der Waals surface area contributed by atoms with Crippen LogP contribution in [0.5, 0.6) is 0 Å². The Kier molecular flexibility index (Phi) is 6.64. The smallest absolute Gasteiger partial charge is 0.0689 e. The third-order valence-electron chi connectivity index (χ3n) is 2.28. The number of ether oxygens (including phenoxy) is 2. The highest BCUT2D eigenvalue weighted by molar-refractivity contribution is 5.06. The molecule has 0 saturated carbocycles. The molecule has 3 nitrogen and oxygen atoms in total. The van der Waals surface area contributed by atoms with Crippen LogP contribution in [-0.4, -0.2) is 39.0 Å². The summed E-state index contributed by atoms with van der Waals surface area (Å²) in [6.45, 7) is 8.64. The van der Waals surface area contributed by atoms with Crippen molar-refractivity contribution in [3.8, 4) is 0 Å². The van der Waals surface area contributed by atoms with Crippen LogP contribution in [0.2, 0.25) is 0 Å². The molecule has 88 valence electrons. The third-order valence-corrected chi connectivity index (χ3v) is 2.28. The van der Waals surface area contributed by atoms with Gasteiger partial charge in [-0.1, -0.05) is 6.08 Å². The molecule has 0 atom stereocenters. The molecule has 0 bridgehead atoms. The summed E-state index contributed by atoms with van der Waals surface area (Å²) in [5, 5.41) is 3.40. The van der Waals surface area contributed by atoms with Crippen molar-refractivity contribution in [1.29, 1.82) is 0 Å². The van der Waals surface area contributed by atoms with Gasteiger partial charge in [0.05, 0.1) is 19.3 Å². The molecule has 1 N–H and O–H groups in total. The third kappa shape index (κ3) is 6.66. The van der Waals surface area contributed by atoms with E-state index in [1.807, 2.05) is 0 Å². The minimum atomic E-state index is 0.347. The molecule has 1 heterocycles. The summed E-state index contributed by atoms with van der Waals surface area (Å²) in [5.74, 6) is 0. The van der Waals surface area contributed by atoms with E-state index in [0.29, 0.717) is 6.10 Å². The van der Waals surface area contributed by atoms with E-state index in [9.17, 15) is 0 Å². The van der Waals surface area contributed by atoms with Crippen LogP contribution in [0.25, 0.3) is 0 Å². The van der Waals surface area contributed by atoms with Gasteiger partial charge in [0.2, 0.25) is 0 Å². The zero-order valence-corrected chi connectivity index (χ0v) is 9.92. The molecule has 15 heavy (non-hydrogen) atoms. The minimum Gasteiger partial charge on any atom is -0.379 e. The lowest BCUT2D eigenvalue weighted by molar-refractivity contribution is 0.0771. The normalized spacial score (nSPS) is 16.9. The van der Waals surface area contributed by atoms with E-state index in [1.54, 1.807) is 0 Å². The van der Waals surface area contributed by atoms with E-state index in [0.717, 1.165) is 45.8 Å². The second kappa shape index (κ2) is 7.85. The summed E-state index contributed by atoms with van der Waals surface area (Å²) in [6.07, 6.45) is 4.76. The molecule has 0 saturated heterocycles. The number of nitrogens with one attached hydrogen (secondary N) is 1. The first-order valence-electron chi connectivity index (χ1n) is 5.87. The maximum absolute atomic E-state index is 5.45. The summed E-state index contributed by atoms with van der Waals surface area (Å²) in [4.78, 5) is 0. The summed E-state index contributed by atoms with van der Waals surface area (Å²) in [6, 6.07) is 0. The Morgan fingerprint density at radius 2 is 2.40 bits per heavy atom. The second-order valence-electron chi connectivity index (χ2n) is 4.15. The second-order valence-corrected chi connectivity index (χ2v) is 4.15. The van der Waals surface area contributed by atoms with Crippen LogP contribution in [0.3, 0.4) is 0 Å². The molecule has 0 aromatic carbocycles. The van der Waals surface area contributed by atoms with Gasteiger partial charge in [0, 0.05) is 13.2 Å². The van der Waals surface area contributed by atoms with Crippen molar-refractivity contribution < 1.29 is 9.47 Å². The Morgan fingerprint density at radius 1 is 1.53 bits per heavy atom. The van der Waals surface area contributed by atoms with Gasteiger partial charge in [-0.3, -0.25) is 0 Å². The lowest BCUT2D eigenvalue weighted by Gasteiger charge is -2.14. The molecular weight excluding hydrogens is 190 g/mol. The fraction of sp³-hybridized carbons (Fsp3) is 0.833. The van der Waals surface area contributed by atoms with Gasteiger partial charge in [0.25, 0.3) is 0 Å². The predicted octanol–water partition coefficient (Wildman–Crippen LogP) is 1.74. The average Bonchev–Trinajstić information content (AvgIpc) is 2.24. The summed E-state index contributed by atoms with van der Waals surface area (Å²) >= 11 is 0. The van der Waals surface area contributed by atoms with Crippen LogP contribution >= 0.6 is 0 Å². The highest BCUT2D eigenvalue weighted by Crippen LogP contribution is 2.03. The number of rotatable bonds is 7. The predicted molar refractivity (Wildman–Crippen MR) is 62.1 cm³/mol. The van der Waals surface area contributed by atoms with Crippen molar-refractivity contribution in [3.63, 3.8) is 0 Å². The van der Waals surface area contributed by atoms with Crippen LogP contribution in [0, 0.1) is 0 Å². The lowest BCUT2D eigenvalue weighted by Crippen LogP contribution is -2.23. The molecule has 0 amide bonds. The van der Waals surface area contributed by atoms with Crippen LogP contribution < -0.4 is 5.32 Å². The Balaban J connectivity index is 1.90. The maximum atomic E-state index is 5.45. The molecular formula is C12H23NO2. The lowest BCUT2D eigenvalue weighted by atomic mass is 10.2. The van der Waals surface area contributed by atoms with Crippen molar-refractivity contribution in [1.82, 2.24) is 5.32 Å². The minimum absolute atomic E-state index is 0.347. The van der Waals surface area contributed by atoms with Gasteiger partial charge < -0.3 is 14.8 Å². The van der Waals surface area contributed by atoms with E-state index < -0.39 is 0 Å². The topological polar surface area (TPSA) is 30.5 Å². The Bertz CT molecular complexity index is 190. The van der Waals surface area contributed by atoms with E-state index >= 15 is 0 Å². The quantitative estimate of drug-likeness (QED) is 0.516. The Morgan fingerprint density at radius 3 is 3.07 bits per heavy atom. The van der Waals surface area contributed by atoms with Crippen molar-refractivity contribution in [2.45, 2.75) is 32.8 Å². The zero-order chi connectivity index (χ0) is 10.9. The van der Waals surface area contributed by atoms with Crippen LogP contribution in [0.4, 0.5) is 0 Å². The van der Waals surface area contributed by atoms with Crippen molar-refractivity contribution in [2.75, 3.05) is 32.9 Å². The fourth-order valence-corrected chi connectivity index (χ4v) is 1.50. The summed E-state index contributed by atoms with van der Waals surface area (Å²) < 4.78 is 10.8. The monoisotopic (exact) mass is 213 g/mol. The van der Waals surface area contributed by atoms with Crippen molar-refractivity contribution >= 4 is 0 Å². The Labute approximate surface area is 92.8 Å². The van der Waals surface area contributed by atoms with Gasteiger partial charge in [-0.15, -0.1) is 0 Å². The summed E-state index contributed by atoms with van der Waals surface area (Å²) in [5.41, 5.74) is 1.38. The van der Waals surface area contributed by atoms with Crippen molar-refractivity contribution in [3.05, 3.63) is 11.6 Å². The first-order chi connectivity index (χ1) is 7.29. The standard InChI is InChI=1S/C12H23NO2/c1-11(2)15-8-4-6-13-9-12-5-3-7-14-10-12/h5,11,13H,3-4,6-10H2,1-2H3. The van der Waals surface area contributed by atoms with Crippen molar-refractivity contribution in [2.24, 2.45) is 0 Å². The van der Waals surface area contributed by atoms with E-state index in [1.165, 1.54) is 5.57 Å². The highest BCUT2D eigenvalue weighted by atomic mass is 16.5. The molecule has 0 radical (unpaired) electrons. The van der Waals surface area contributed by atoms with Gasteiger partial charge >= 0.3 is 0 Å². The zero-order valence-electron chi connectivity index (χ0n) is 9.92. The molecule has 0 fully saturated rings. The molecule has 0 aromatic rings. The van der Waals surface area contributed by atoms with Gasteiger partial charge in [0.15, 0.2) is 0 Å². The van der Waals surface area contributed by atoms with Gasteiger partial charge in [-0.05, 0) is 38.8 Å². The van der Waals surface area contributed by atoms with E-state index in [-0.39, 0.29) is 0 Å². The first kappa shape index (κ1) is 12.7. The Hall–Kier alpha value is -0.380. The molecule has 1 aliphatic heterocycles. The van der Waals surface area contributed by atoms with Crippen LogP contribution in [0.1, 0.15) is 26.7 Å². The van der Waals surface area contributed by atoms with Crippen LogP contribution in [0.15, 0.2) is 11.6 Å². The molecule has 0 aliphatic carbocycles. The number of hydrogen-bond donors (Lipinski definition) is 1. The highest BCUT2D eigenvalue weighted by Gasteiger charge is 2.02. The molecule has 0 aromatic heterocycles. The molecule has 3 heteroatoms. The average molecular weight is 213 g/mol. The van der Waals surface area contributed by atoms with Gasteiger partial charge in [0.1, 0.15) is 0 Å². The first-order valence-corrected chi connectivity index (χ1v) is 5.87. The fourth-order valence-electron chi connectivity index (χ4n) is 1.50. The van der Waals surface area contributed by atoms with Gasteiger partial charge in [-0.2, -0.15) is 0 Å². The van der Waals surface area contributed by atoms with Gasteiger partial charge in [-0.25, -0.2) is 0 Å². The molecule has 0 spiro atoms. The molecule has 0 unspecified atom stereocenters. The molecule has 1 aliphatic rings. The van der Waals surface area contributed by atoms with E-state index in [4.69, 9.17) is 9.47 Å². The van der Waals surface area contributed by atoms with Crippen LogP contribution in [-0.2, 0) is 9.47 Å². The number of hydrogen-bond acceptors (Lipinski definition) is 3.